The van der Waals surface area contributed by atoms with E-state index in [-0.39, 0.29) is 0 Å². The van der Waals surface area contributed by atoms with E-state index in [2.05, 4.69) is 41.2 Å². The van der Waals surface area contributed by atoms with E-state index in [0.29, 0.717) is 12.0 Å². The fourth-order valence-electron chi connectivity index (χ4n) is 1.52. The van der Waals surface area contributed by atoms with Gasteiger partial charge in [0.15, 0.2) is 0 Å². The van der Waals surface area contributed by atoms with Gasteiger partial charge >= 0.3 is 0 Å². The molecule has 2 rings (SSSR count). The average molecular weight is 256 g/mol. The Morgan fingerprint density at radius 2 is 2.29 bits per heavy atom. The van der Waals surface area contributed by atoms with Crippen LogP contribution in [0.1, 0.15) is 13.8 Å². The molecule has 0 saturated carbocycles. The lowest BCUT2D eigenvalue weighted by Crippen LogP contribution is -2.35. The molecular weight excluding hydrogens is 242 g/mol. The summed E-state index contributed by atoms with van der Waals surface area (Å²) in [5, 5.41) is 3.48. The Morgan fingerprint density at radius 3 is 3.00 bits per heavy atom. The number of hydrogen-bond donors (Lipinski definition) is 1. The molecule has 1 aromatic rings. The summed E-state index contributed by atoms with van der Waals surface area (Å²) in [4.78, 5) is 0. The van der Waals surface area contributed by atoms with Crippen LogP contribution in [-0.4, -0.2) is 12.6 Å². The van der Waals surface area contributed by atoms with E-state index < -0.39 is 0 Å². The van der Waals surface area contributed by atoms with Crippen molar-refractivity contribution in [2.45, 2.75) is 19.9 Å². The van der Waals surface area contributed by atoms with Crippen molar-refractivity contribution in [3.63, 3.8) is 0 Å². The molecule has 0 amide bonds. The summed E-state index contributed by atoms with van der Waals surface area (Å²) in [5.74, 6) is 1.53. The molecule has 0 saturated heterocycles. The van der Waals surface area contributed by atoms with Gasteiger partial charge in [0.1, 0.15) is 12.4 Å². The van der Waals surface area contributed by atoms with Crippen molar-refractivity contribution in [1.82, 2.24) is 0 Å². The molecule has 1 aromatic carbocycles. The molecule has 1 unspecified atom stereocenters. The van der Waals surface area contributed by atoms with Gasteiger partial charge in [-0.15, -0.1) is 0 Å². The minimum Gasteiger partial charge on any atom is -0.489 e. The summed E-state index contributed by atoms with van der Waals surface area (Å²) < 4.78 is 6.75. The van der Waals surface area contributed by atoms with E-state index in [1.165, 1.54) is 0 Å². The van der Waals surface area contributed by atoms with Crippen LogP contribution in [0.25, 0.3) is 0 Å². The number of rotatable bonds is 1. The molecular formula is C11H14BrNO. The highest BCUT2D eigenvalue weighted by molar-refractivity contribution is 9.10. The number of ether oxygens (including phenoxy) is 1. The fourth-order valence-corrected chi connectivity index (χ4v) is 1.88. The van der Waals surface area contributed by atoms with Gasteiger partial charge in [-0.05, 0) is 24.1 Å². The van der Waals surface area contributed by atoms with E-state index in [0.717, 1.165) is 22.5 Å². The van der Waals surface area contributed by atoms with E-state index in [1.807, 2.05) is 12.1 Å². The Labute approximate surface area is 92.8 Å². The lowest BCUT2D eigenvalue weighted by molar-refractivity contribution is 0.257. The van der Waals surface area contributed by atoms with E-state index in [1.54, 1.807) is 0 Å². The van der Waals surface area contributed by atoms with Crippen LogP contribution >= 0.6 is 15.9 Å². The smallest absolute Gasteiger partial charge is 0.142 e. The summed E-state index contributed by atoms with van der Waals surface area (Å²) in [6.45, 7) is 5.15. The first kappa shape index (κ1) is 9.84. The first-order chi connectivity index (χ1) is 6.66. The Hall–Kier alpha value is -0.700. The second-order valence-electron chi connectivity index (χ2n) is 3.95. The predicted octanol–water partition coefficient (Wildman–Crippen LogP) is 3.28. The van der Waals surface area contributed by atoms with Gasteiger partial charge in [0, 0.05) is 4.47 Å². The van der Waals surface area contributed by atoms with Gasteiger partial charge in [-0.1, -0.05) is 29.8 Å². The van der Waals surface area contributed by atoms with Crippen molar-refractivity contribution in [2.24, 2.45) is 5.92 Å². The van der Waals surface area contributed by atoms with E-state index in [4.69, 9.17) is 4.74 Å². The maximum Gasteiger partial charge on any atom is 0.142 e. The molecule has 3 heteroatoms. The average Bonchev–Trinajstić information content (AvgIpc) is 2.16. The minimum absolute atomic E-state index is 0.414. The van der Waals surface area contributed by atoms with Crippen LogP contribution in [0, 0.1) is 5.92 Å². The molecule has 0 spiro atoms. The lowest BCUT2D eigenvalue weighted by atomic mass is 10.0. The predicted molar refractivity (Wildman–Crippen MR) is 61.9 cm³/mol. The maximum absolute atomic E-state index is 5.67. The molecule has 1 heterocycles. The lowest BCUT2D eigenvalue weighted by Gasteiger charge is -2.30. The molecule has 0 aromatic heterocycles. The first-order valence-electron chi connectivity index (χ1n) is 4.85. The zero-order valence-corrected chi connectivity index (χ0v) is 9.97. The van der Waals surface area contributed by atoms with Gasteiger partial charge in [0.2, 0.25) is 0 Å². The monoisotopic (exact) mass is 255 g/mol. The van der Waals surface area contributed by atoms with Crippen LogP contribution in [0.3, 0.4) is 0 Å². The topological polar surface area (TPSA) is 21.3 Å². The number of anilines is 1. The Bertz CT molecular complexity index is 338. The van der Waals surface area contributed by atoms with Crippen LogP contribution < -0.4 is 10.1 Å². The van der Waals surface area contributed by atoms with Crippen LogP contribution in [0.4, 0.5) is 5.69 Å². The number of benzene rings is 1. The highest BCUT2D eigenvalue weighted by Gasteiger charge is 2.21. The summed E-state index contributed by atoms with van der Waals surface area (Å²) in [6, 6.07) is 6.46. The molecule has 76 valence electrons. The zero-order chi connectivity index (χ0) is 10.1. The Morgan fingerprint density at radius 1 is 1.50 bits per heavy atom. The van der Waals surface area contributed by atoms with Gasteiger partial charge in [-0.3, -0.25) is 0 Å². The molecule has 1 N–H and O–H groups in total. The van der Waals surface area contributed by atoms with Crippen molar-refractivity contribution in [1.29, 1.82) is 0 Å². The normalized spacial score (nSPS) is 19.9. The highest BCUT2D eigenvalue weighted by Crippen LogP contribution is 2.32. The number of nitrogens with one attached hydrogen (secondary N) is 1. The van der Waals surface area contributed by atoms with E-state index in [9.17, 15) is 0 Å². The molecule has 0 fully saturated rings. The summed E-state index contributed by atoms with van der Waals surface area (Å²) in [7, 11) is 0. The van der Waals surface area contributed by atoms with Crippen LogP contribution in [0.2, 0.25) is 0 Å². The molecule has 1 atom stereocenters. The molecule has 0 radical (unpaired) electrons. The fraction of sp³-hybridized carbons (Fsp3) is 0.455. The second kappa shape index (κ2) is 3.81. The second-order valence-corrected chi connectivity index (χ2v) is 4.86. The molecule has 1 aliphatic heterocycles. The number of halogens is 1. The Kier molecular flexibility index (Phi) is 2.68. The first-order valence-corrected chi connectivity index (χ1v) is 5.65. The van der Waals surface area contributed by atoms with Crippen molar-refractivity contribution >= 4 is 21.6 Å². The highest BCUT2D eigenvalue weighted by atomic mass is 79.9. The van der Waals surface area contributed by atoms with Gasteiger partial charge in [0.25, 0.3) is 0 Å². The van der Waals surface area contributed by atoms with Crippen molar-refractivity contribution in [3.05, 3.63) is 22.7 Å². The minimum atomic E-state index is 0.414. The van der Waals surface area contributed by atoms with Gasteiger partial charge in [0.05, 0.1) is 11.7 Å². The number of hydrogen-bond acceptors (Lipinski definition) is 2. The molecule has 0 bridgehead atoms. The van der Waals surface area contributed by atoms with Crippen LogP contribution in [0.15, 0.2) is 22.7 Å². The molecule has 0 aliphatic carbocycles. The molecule has 2 nitrogen and oxygen atoms in total. The largest absolute Gasteiger partial charge is 0.489 e. The zero-order valence-electron chi connectivity index (χ0n) is 8.38. The Balaban J connectivity index is 2.24. The van der Waals surface area contributed by atoms with Gasteiger partial charge < -0.3 is 10.1 Å². The van der Waals surface area contributed by atoms with Crippen LogP contribution in [0.5, 0.6) is 5.75 Å². The molecule has 14 heavy (non-hydrogen) atoms. The van der Waals surface area contributed by atoms with Crippen molar-refractivity contribution in [3.8, 4) is 5.75 Å². The third-order valence-corrected chi connectivity index (χ3v) is 3.00. The molecule has 1 aliphatic rings. The summed E-state index contributed by atoms with van der Waals surface area (Å²) >= 11 is 3.45. The SMILES string of the molecule is CC(C)C1COc2ccc(Br)cc2N1. The third-order valence-electron chi connectivity index (χ3n) is 2.51. The van der Waals surface area contributed by atoms with Gasteiger partial charge in [-0.2, -0.15) is 0 Å². The summed E-state index contributed by atoms with van der Waals surface area (Å²) in [6.07, 6.45) is 0. The van der Waals surface area contributed by atoms with Crippen LogP contribution in [-0.2, 0) is 0 Å². The van der Waals surface area contributed by atoms with Crippen molar-refractivity contribution < 1.29 is 4.74 Å². The summed E-state index contributed by atoms with van der Waals surface area (Å²) in [5.41, 5.74) is 1.09. The standard InChI is InChI=1S/C11H14BrNO/c1-7(2)10-6-14-11-4-3-8(12)5-9(11)13-10/h3-5,7,10,13H,6H2,1-2H3. The maximum atomic E-state index is 5.67. The van der Waals surface area contributed by atoms with Gasteiger partial charge in [-0.25, -0.2) is 0 Å². The quantitative estimate of drug-likeness (QED) is 0.832. The van der Waals surface area contributed by atoms with Crippen molar-refractivity contribution in [2.75, 3.05) is 11.9 Å². The van der Waals surface area contributed by atoms with E-state index >= 15 is 0 Å². The third kappa shape index (κ3) is 1.87. The number of fused-ring (bicyclic) bond motifs is 1.